The molecule has 0 fully saturated rings. The van der Waals surface area contributed by atoms with E-state index in [-0.39, 0.29) is 5.69 Å². The van der Waals surface area contributed by atoms with Crippen molar-refractivity contribution in [1.29, 1.82) is 0 Å². The molecule has 0 unspecified atom stereocenters. The third-order valence-electron chi connectivity index (χ3n) is 2.80. The first kappa shape index (κ1) is 17.1. The highest BCUT2D eigenvalue weighted by Crippen LogP contribution is 2.22. The number of nitrogens with zero attached hydrogens (tertiary/aromatic N) is 2. The molecule has 0 amide bonds. The zero-order valence-corrected chi connectivity index (χ0v) is 14.9. The summed E-state index contributed by atoms with van der Waals surface area (Å²) < 4.78 is 31.1. The molecular weight excluding hydrogens is 367 g/mol. The molecule has 0 aliphatic rings. The van der Waals surface area contributed by atoms with E-state index in [4.69, 9.17) is 0 Å². The summed E-state index contributed by atoms with van der Waals surface area (Å²) >= 11 is 1.85. The van der Waals surface area contributed by atoms with Crippen LogP contribution >= 0.6 is 15.9 Å². The van der Waals surface area contributed by atoms with Crippen LogP contribution in [0.4, 0.5) is 4.39 Å². The first-order chi connectivity index (χ1) is 10.3. The fourth-order valence-electron chi connectivity index (χ4n) is 1.62. The first-order valence-corrected chi connectivity index (χ1v) is 8.56. The molecule has 0 aliphatic carbocycles. The highest BCUT2D eigenvalue weighted by molar-refractivity contribution is 9.10. The summed E-state index contributed by atoms with van der Waals surface area (Å²) in [6, 6.07) is 10.1. The van der Waals surface area contributed by atoms with Gasteiger partial charge in [0.2, 0.25) is 0 Å². The molecule has 1 aromatic heterocycles. The third kappa shape index (κ3) is 4.15. The molecule has 22 heavy (non-hydrogen) atoms. The van der Waals surface area contributed by atoms with E-state index < -0.39 is 21.9 Å². The molecule has 2 rings (SSSR count). The summed E-state index contributed by atoms with van der Waals surface area (Å²) in [5.41, 5.74) is 1.06. The van der Waals surface area contributed by atoms with Crippen molar-refractivity contribution >= 4 is 33.0 Å². The molecule has 0 saturated carbocycles. The van der Waals surface area contributed by atoms with Gasteiger partial charge in [0.1, 0.15) is 27.5 Å². The number of pyridine rings is 1. The van der Waals surface area contributed by atoms with Crippen molar-refractivity contribution in [2.24, 2.45) is 4.40 Å². The second kappa shape index (κ2) is 6.89. The number of rotatable bonds is 3. The van der Waals surface area contributed by atoms with E-state index >= 15 is 0 Å². The van der Waals surface area contributed by atoms with Gasteiger partial charge in [0, 0.05) is 16.2 Å². The minimum absolute atomic E-state index is 0.0995. The summed E-state index contributed by atoms with van der Waals surface area (Å²) in [6.45, 7) is 5.46. The topological polar surface area (TPSA) is 48.3 Å². The van der Waals surface area contributed by atoms with Crippen LogP contribution in [-0.2, 0) is 11.4 Å². The molecule has 0 radical (unpaired) electrons. The van der Waals surface area contributed by atoms with E-state index in [0.717, 1.165) is 4.47 Å². The van der Waals surface area contributed by atoms with E-state index in [2.05, 4.69) is 25.3 Å². The Morgan fingerprint density at radius 2 is 1.86 bits per heavy atom. The molecule has 0 bridgehead atoms. The highest BCUT2D eigenvalue weighted by atomic mass is 79.9. The molecule has 0 N–H and O–H groups in total. The van der Waals surface area contributed by atoms with E-state index in [0.29, 0.717) is 11.3 Å². The maximum atomic E-state index is 14.1. The Bertz CT molecular complexity index is 683. The van der Waals surface area contributed by atoms with Crippen molar-refractivity contribution in [3.05, 3.63) is 64.1 Å². The molecule has 1 atom stereocenters. The van der Waals surface area contributed by atoms with Crippen molar-refractivity contribution in [2.75, 3.05) is 0 Å². The van der Waals surface area contributed by atoms with Gasteiger partial charge < -0.3 is 4.55 Å². The minimum Gasteiger partial charge on any atom is -0.591 e. The molecule has 1 aromatic carbocycles. The predicted octanol–water partition coefficient (Wildman–Crippen LogP) is 4.28. The van der Waals surface area contributed by atoms with Crippen LogP contribution < -0.4 is 0 Å². The Labute approximate surface area is 141 Å². The summed E-state index contributed by atoms with van der Waals surface area (Å²) in [7, 11) is 0. The van der Waals surface area contributed by atoms with E-state index in [1.807, 2.05) is 32.9 Å². The summed E-state index contributed by atoms with van der Waals surface area (Å²) in [6.07, 6.45) is 1.49. The van der Waals surface area contributed by atoms with Gasteiger partial charge in [-0.2, -0.15) is 0 Å². The van der Waals surface area contributed by atoms with E-state index in [9.17, 15) is 8.94 Å². The average Bonchev–Trinajstić information content (AvgIpc) is 2.45. The zero-order valence-electron chi connectivity index (χ0n) is 12.5. The lowest BCUT2D eigenvalue weighted by Gasteiger charge is -2.19. The smallest absolute Gasteiger partial charge is 0.151 e. The Balaban J connectivity index is 2.57. The van der Waals surface area contributed by atoms with Crippen LogP contribution in [0.15, 0.2) is 51.5 Å². The highest BCUT2D eigenvalue weighted by Gasteiger charge is 2.28. The van der Waals surface area contributed by atoms with Crippen molar-refractivity contribution in [2.45, 2.75) is 25.5 Å². The summed E-state index contributed by atoms with van der Waals surface area (Å²) in [5, 5.41) is 0. The van der Waals surface area contributed by atoms with Crippen LogP contribution in [0.3, 0.4) is 0 Å². The van der Waals surface area contributed by atoms with E-state index in [1.54, 1.807) is 12.1 Å². The van der Waals surface area contributed by atoms with Crippen LogP contribution in [0.1, 0.15) is 32.0 Å². The van der Waals surface area contributed by atoms with Gasteiger partial charge in [0.15, 0.2) is 5.82 Å². The lowest BCUT2D eigenvalue weighted by molar-refractivity contribution is 0.561. The Hall–Kier alpha value is -1.24. The monoisotopic (exact) mass is 382 g/mol. The molecule has 1 heterocycles. The summed E-state index contributed by atoms with van der Waals surface area (Å²) in [4.78, 5) is 4.06. The van der Waals surface area contributed by atoms with Gasteiger partial charge in [-0.05, 0) is 45.0 Å². The van der Waals surface area contributed by atoms with Gasteiger partial charge in [0.25, 0.3) is 0 Å². The van der Waals surface area contributed by atoms with Crippen molar-refractivity contribution in [1.82, 2.24) is 4.98 Å². The van der Waals surface area contributed by atoms with Gasteiger partial charge >= 0.3 is 0 Å². The Morgan fingerprint density at radius 3 is 2.41 bits per heavy atom. The lowest BCUT2D eigenvalue weighted by atomic mass is 10.1. The van der Waals surface area contributed by atoms with Crippen molar-refractivity contribution < 1.29 is 8.94 Å². The van der Waals surface area contributed by atoms with Crippen LogP contribution in [0.5, 0.6) is 0 Å². The van der Waals surface area contributed by atoms with Crippen molar-refractivity contribution in [3.8, 4) is 0 Å². The fourth-order valence-corrected chi connectivity index (χ4v) is 2.52. The third-order valence-corrected chi connectivity index (χ3v) is 4.72. The van der Waals surface area contributed by atoms with Crippen LogP contribution in [0, 0.1) is 5.82 Å². The molecule has 0 aliphatic heterocycles. The molecule has 0 spiro atoms. The van der Waals surface area contributed by atoms with Crippen molar-refractivity contribution in [3.63, 3.8) is 0 Å². The predicted molar refractivity (Wildman–Crippen MR) is 91.9 cm³/mol. The second-order valence-corrected chi connectivity index (χ2v) is 8.46. The molecule has 3 nitrogen and oxygen atoms in total. The minimum atomic E-state index is -1.51. The van der Waals surface area contributed by atoms with Gasteiger partial charge in [-0.25, -0.2) is 4.39 Å². The SMILES string of the molecule is CC(C)(C)[S@@+]([O-])/N=C(/c1ccc(Br)cc1)c1ncccc1F. The molecule has 6 heteroatoms. The summed E-state index contributed by atoms with van der Waals surface area (Å²) in [5.74, 6) is -0.491. The molecular formula is C16H16BrFN2OS. The second-order valence-electron chi connectivity index (χ2n) is 5.64. The fraction of sp³-hybridized carbons (Fsp3) is 0.250. The van der Waals surface area contributed by atoms with Gasteiger partial charge in [-0.15, -0.1) is 0 Å². The first-order valence-electron chi connectivity index (χ1n) is 6.66. The maximum absolute atomic E-state index is 14.1. The quantitative estimate of drug-likeness (QED) is 0.587. The number of hydrogen-bond acceptors (Lipinski definition) is 3. The number of aromatic nitrogens is 1. The van der Waals surface area contributed by atoms with Gasteiger partial charge in [-0.3, -0.25) is 4.98 Å². The molecule has 0 saturated heterocycles. The van der Waals surface area contributed by atoms with Crippen LogP contribution in [0.25, 0.3) is 0 Å². The number of hydrogen-bond donors (Lipinski definition) is 0. The standard InChI is InChI=1S/C16H16BrFN2OS/c1-16(2,3)22(21)20-14(11-6-8-12(17)9-7-11)15-13(18)5-4-10-19-15/h4-10H,1-3H3/b20-14-/t22-/m1/s1. The normalized spacial score (nSPS) is 14.0. The number of halogens is 2. The zero-order chi connectivity index (χ0) is 16.3. The largest absolute Gasteiger partial charge is 0.591 e. The lowest BCUT2D eigenvalue weighted by Crippen LogP contribution is -2.27. The number of benzene rings is 1. The molecule has 116 valence electrons. The average molecular weight is 383 g/mol. The van der Waals surface area contributed by atoms with Crippen LogP contribution in [0.2, 0.25) is 0 Å². The van der Waals surface area contributed by atoms with Gasteiger partial charge in [-0.1, -0.05) is 32.5 Å². The van der Waals surface area contributed by atoms with Gasteiger partial charge in [0.05, 0.1) is 0 Å². The molecule has 2 aromatic rings. The Kier molecular flexibility index (Phi) is 5.36. The van der Waals surface area contributed by atoms with E-state index in [1.165, 1.54) is 18.3 Å². The maximum Gasteiger partial charge on any atom is 0.151 e. The Morgan fingerprint density at radius 1 is 1.23 bits per heavy atom. The van der Waals surface area contributed by atoms with Crippen LogP contribution in [-0.4, -0.2) is 20.0 Å².